The van der Waals surface area contributed by atoms with Crippen molar-refractivity contribution in [2.24, 2.45) is 0 Å². The van der Waals surface area contributed by atoms with Crippen LogP contribution in [-0.4, -0.2) is 50.2 Å². The molecular formula is C21H25NO6. The van der Waals surface area contributed by atoms with Gasteiger partial charge in [-0.1, -0.05) is 18.2 Å². The first-order chi connectivity index (χ1) is 13.8. The van der Waals surface area contributed by atoms with Crippen LogP contribution in [0.25, 0.3) is 0 Å². The van der Waals surface area contributed by atoms with E-state index in [2.05, 4.69) is 5.32 Å². The molecule has 2 heterocycles. The van der Waals surface area contributed by atoms with Crippen molar-refractivity contribution >= 4 is 0 Å². The van der Waals surface area contributed by atoms with Gasteiger partial charge in [0.15, 0.2) is 17.2 Å². The van der Waals surface area contributed by atoms with Crippen LogP contribution in [0.1, 0.15) is 12.0 Å². The third-order valence-corrected chi connectivity index (χ3v) is 4.62. The predicted molar refractivity (Wildman–Crippen MR) is 102 cm³/mol. The fraction of sp³-hybridized carbons (Fsp3) is 0.429. The molecule has 7 nitrogen and oxygen atoms in total. The van der Waals surface area contributed by atoms with E-state index in [9.17, 15) is 5.11 Å². The molecule has 0 aliphatic carbocycles. The maximum absolute atomic E-state index is 10.2. The molecule has 4 rings (SSSR count). The molecule has 0 radical (unpaired) electrons. The molecule has 2 aromatic rings. The van der Waals surface area contributed by atoms with Gasteiger partial charge >= 0.3 is 0 Å². The zero-order chi connectivity index (χ0) is 19.2. The Hall–Kier alpha value is -2.48. The molecule has 0 amide bonds. The van der Waals surface area contributed by atoms with Crippen molar-refractivity contribution < 1.29 is 29.1 Å². The van der Waals surface area contributed by atoms with E-state index < -0.39 is 6.10 Å². The van der Waals surface area contributed by atoms with Crippen molar-refractivity contribution in [2.45, 2.75) is 25.0 Å². The second-order valence-corrected chi connectivity index (χ2v) is 6.90. The molecule has 2 aromatic carbocycles. The van der Waals surface area contributed by atoms with E-state index in [1.807, 2.05) is 36.4 Å². The number of benzene rings is 2. The van der Waals surface area contributed by atoms with Crippen LogP contribution in [0.5, 0.6) is 23.0 Å². The first-order valence-electron chi connectivity index (χ1n) is 9.60. The Balaban J connectivity index is 1.18. The molecule has 2 aliphatic heterocycles. The summed E-state index contributed by atoms with van der Waals surface area (Å²) in [5.74, 6) is 2.84. The standard InChI is InChI=1S/C21H25NO6/c23-16(11-22-12-18-14-25-19-5-1-2-6-20(19)27-18)13-24-17-8-7-15-4-3-9-26-28-21(15)10-17/h1-2,5-8,10,16,18,22-23H,3-4,9,11-14H2. The highest BCUT2D eigenvalue weighted by molar-refractivity contribution is 5.41. The highest BCUT2D eigenvalue weighted by atomic mass is 17.2. The second kappa shape index (κ2) is 9.14. The van der Waals surface area contributed by atoms with Gasteiger partial charge in [-0.3, -0.25) is 0 Å². The number of rotatable bonds is 7. The summed E-state index contributed by atoms with van der Waals surface area (Å²) in [5, 5.41) is 13.4. The van der Waals surface area contributed by atoms with Gasteiger partial charge in [0.05, 0.1) is 6.61 Å². The number of ether oxygens (including phenoxy) is 3. The fourth-order valence-electron chi connectivity index (χ4n) is 3.16. The summed E-state index contributed by atoms with van der Waals surface area (Å²) in [6, 6.07) is 13.3. The van der Waals surface area contributed by atoms with Crippen LogP contribution in [0.2, 0.25) is 0 Å². The molecule has 2 aliphatic rings. The van der Waals surface area contributed by atoms with Crippen LogP contribution in [0.4, 0.5) is 0 Å². The quantitative estimate of drug-likeness (QED) is 0.705. The maximum Gasteiger partial charge on any atom is 0.172 e. The highest BCUT2D eigenvalue weighted by Gasteiger charge is 2.20. The molecule has 28 heavy (non-hydrogen) atoms. The number of hydrogen-bond acceptors (Lipinski definition) is 7. The summed E-state index contributed by atoms with van der Waals surface area (Å²) in [6.45, 7) is 2.21. The number of aliphatic hydroxyl groups is 1. The lowest BCUT2D eigenvalue weighted by Gasteiger charge is -2.27. The highest BCUT2D eigenvalue weighted by Crippen LogP contribution is 2.30. The molecule has 0 spiro atoms. The maximum atomic E-state index is 10.2. The topological polar surface area (TPSA) is 78.4 Å². The normalized spacial score (nSPS) is 19.1. The molecular weight excluding hydrogens is 362 g/mol. The molecule has 7 heteroatoms. The molecule has 2 unspecified atom stereocenters. The predicted octanol–water partition coefficient (Wildman–Crippen LogP) is 2.11. The Morgan fingerprint density at radius 1 is 1.14 bits per heavy atom. The molecule has 0 saturated carbocycles. The van der Waals surface area contributed by atoms with Crippen molar-refractivity contribution in [1.29, 1.82) is 0 Å². The first-order valence-corrected chi connectivity index (χ1v) is 9.60. The van der Waals surface area contributed by atoms with E-state index in [0.29, 0.717) is 37.8 Å². The molecule has 0 fully saturated rings. The monoisotopic (exact) mass is 387 g/mol. The Labute approximate surface area is 164 Å². The van der Waals surface area contributed by atoms with Crippen molar-refractivity contribution in [2.75, 3.05) is 32.9 Å². The molecule has 150 valence electrons. The molecule has 0 saturated heterocycles. The Morgan fingerprint density at radius 2 is 2.04 bits per heavy atom. The Kier molecular flexibility index (Phi) is 6.16. The van der Waals surface area contributed by atoms with Gasteiger partial charge in [0.2, 0.25) is 0 Å². The van der Waals surface area contributed by atoms with Crippen LogP contribution in [0.15, 0.2) is 42.5 Å². The largest absolute Gasteiger partial charge is 0.491 e. The van der Waals surface area contributed by atoms with Gasteiger partial charge in [0, 0.05) is 19.2 Å². The Morgan fingerprint density at radius 3 is 2.96 bits per heavy atom. The van der Waals surface area contributed by atoms with Gasteiger partial charge in [0.25, 0.3) is 0 Å². The van der Waals surface area contributed by atoms with Crippen molar-refractivity contribution in [3.05, 3.63) is 48.0 Å². The van der Waals surface area contributed by atoms with Crippen LogP contribution in [0, 0.1) is 0 Å². The number of para-hydroxylation sites is 2. The molecule has 2 atom stereocenters. The summed E-state index contributed by atoms with van der Waals surface area (Å²) >= 11 is 0. The van der Waals surface area contributed by atoms with Gasteiger partial charge in [-0.15, -0.1) is 0 Å². The van der Waals surface area contributed by atoms with Crippen LogP contribution in [-0.2, 0) is 11.3 Å². The average Bonchev–Trinajstić information content (AvgIpc) is 2.97. The lowest BCUT2D eigenvalue weighted by Crippen LogP contribution is -2.41. The minimum absolute atomic E-state index is 0.0928. The second-order valence-electron chi connectivity index (χ2n) is 6.90. The first kappa shape index (κ1) is 18.9. The van der Waals surface area contributed by atoms with E-state index in [-0.39, 0.29) is 12.7 Å². The number of hydrogen-bond donors (Lipinski definition) is 2. The lowest BCUT2D eigenvalue weighted by molar-refractivity contribution is -0.203. The smallest absolute Gasteiger partial charge is 0.172 e. The summed E-state index contributed by atoms with van der Waals surface area (Å²) < 4.78 is 17.2. The number of fused-ring (bicyclic) bond motifs is 2. The molecule has 0 aromatic heterocycles. The van der Waals surface area contributed by atoms with Crippen LogP contribution >= 0.6 is 0 Å². The van der Waals surface area contributed by atoms with Gasteiger partial charge in [-0.2, -0.15) is 4.89 Å². The third kappa shape index (κ3) is 4.86. The van der Waals surface area contributed by atoms with E-state index in [0.717, 1.165) is 29.9 Å². The third-order valence-electron chi connectivity index (χ3n) is 4.62. The SMILES string of the molecule is OC(CNCC1COc2ccccc2O1)COc1ccc2c(c1)OOCCC2. The lowest BCUT2D eigenvalue weighted by atomic mass is 10.1. The zero-order valence-electron chi connectivity index (χ0n) is 15.6. The summed E-state index contributed by atoms with van der Waals surface area (Å²) in [6.07, 6.45) is 1.11. The minimum Gasteiger partial charge on any atom is -0.491 e. The van der Waals surface area contributed by atoms with Crippen LogP contribution in [0.3, 0.4) is 0 Å². The number of nitrogens with one attached hydrogen (secondary N) is 1. The van der Waals surface area contributed by atoms with Crippen LogP contribution < -0.4 is 24.4 Å². The van der Waals surface area contributed by atoms with E-state index >= 15 is 0 Å². The molecule has 0 bridgehead atoms. The van der Waals surface area contributed by atoms with E-state index in [1.54, 1.807) is 6.07 Å². The van der Waals surface area contributed by atoms with Gasteiger partial charge in [0.1, 0.15) is 31.2 Å². The van der Waals surface area contributed by atoms with E-state index in [1.165, 1.54) is 0 Å². The average molecular weight is 387 g/mol. The van der Waals surface area contributed by atoms with Crippen molar-refractivity contribution in [3.8, 4) is 23.0 Å². The summed E-state index contributed by atoms with van der Waals surface area (Å²) in [4.78, 5) is 10.4. The molecule has 2 N–H and O–H groups in total. The van der Waals surface area contributed by atoms with Gasteiger partial charge in [-0.25, -0.2) is 0 Å². The van der Waals surface area contributed by atoms with Gasteiger partial charge < -0.3 is 29.5 Å². The Bertz CT molecular complexity index is 783. The number of aryl methyl sites for hydroxylation is 1. The van der Waals surface area contributed by atoms with Crippen molar-refractivity contribution in [1.82, 2.24) is 5.32 Å². The summed E-state index contributed by atoms with van der Waals surface area (Å²) in [5.41, 5.74) is 1.10. The fourth-order valence-corrected chi connectivity index (χ4v) is 3.16. The minimum atomic E-state index is -0.646. The number of aliphatic hydroxyl groups excluding tert-OH is 1. The van der Waals surface area contributed by atoms with Crippen molar-refractivity contribution in [3.63, 3.8) is 0 Å². The zero-order valence-corrected chi connectivity index (χ0v) is 15.6. The van der Waals surface area contributed by atoms with E-state index in [4.69, 9.17) is 24.0 Å². The van der Waals surface area contributed by atoms with Gasteiger partial charge in [-0.05, 0) is 36.6 Å². The summed E-state index contributed by atoms with van der Waals surface area (Å²) in [7, 11) is 0.